The van der Waals surface area contributed by atoms with Gasteiger partial charge in [-0.25, -0.2) is 9.48 Å². The smallest absolute Gasteiger partial charge is 0.435 e. The molecule has 118 valence electrons. The molecule has 1 fully saturated rings. The van der Waals surface area contributed by atoms with E-state index in [4.69, 9.17) is 4.74 Å². The second kappa shape index (κ2) is 6.42. The first-order chi connectivity index (χ1) is 9.93. The quantitative estimate of drug-likeness (QED) is 0.795. The highest BCUT2D eigenvalue weighted by Crippen LogP contribution is 2.32. The van der Waals surface area contributed by atoms with Crippen LogP contribution in [-0.4, -0.2) is 40.8 Å². The molecule has 0 spiro atoms. The van der Waals surface area contributed by atoms with E-state index in [1.165, 1.54) is 6.92 Å². The SMILES string of the molecule is CCOC(=O)c1nnn(CC2CCOCC2)c1C(F)(F)F. The fraction of sp³-hybridized carbons (Fsp3) is 0.750. The van der Waals surface area contributed by atoms with Gasteiger partial charge in [0.15, 0.2) is 5.69 Å². The van der Waals surface area contributed by atoms with E-state index in [1.807, 2.05) is 0 Å². The molecule has 0 atom stereocenters. The summed E-state index contributed by atoms with van der Waals surface area (Å²) in [5, 5.41) is 6.84. The van der Waals surface area contributed by atoms with Crippen LogP contribution < -0.4 is 0 Å². The number of rotatable bonds is 4. The molecule has 1 aromatic rings. The topological polar surface area (TPSA) is 66.2 Å². The molecule has 0 saturated carbocycles. The van der Waals surface area contributed by atoms with Crippen molar-refractivity contribution >= 4 is 5.97 Å². The number of alkyl halides is 3. The Balaban J connectivity index is 2.26. The highest BCUT2D eigenvalue weighted by Gasteiger charge is 2.42. The molecular formula is C12H16F3N3O3. The number of esters is 1. The summed E-state index contributed by atoms with van der Waals surface area (Å²) < 4.78 is 50.0. The molecule has 2 rings (SSSR count). The number of carbonyl (C=O) groups is 1. The number of aromatic nitrogens is 3. The van der Waals surface area contributed by atoms with Gasteiger partial charge < -0.3 is 9.47 Å². The van der Waals surface area contributed by atoms with Crippen LogP contribution in [0.4, 0.5) is 13.2 Å². The maximum atomic E-state index is 13.2. The predicted molar refractivity (Wildman–Crippen MR) is 64.5 cm³/mol. The third-order valence-electron chi connectivity index (χ3n) is 3.24. The lowest BCUT2D eigenvalue weighted by Gasteiger charge is -2.22. The molecule has 1 aromatic heterocycles. The summed E-state index contributed by atoms with van der Waals surface area (Å²) in [4.78, 5) is 11.6. The Bertz CT molecular complexity index is 496. The van der Waals surface area contributed by atoms with Gasteiger partial charge in [0.1, 0.15) is 0 Å². The summed E-state index contributed by atoms with van der Waals surface area (Å²) in [5.41, 5.74) is -1.93. The summed E-state index contributed by atoms with van der Waals surface area (Å²) >= 11 is 0. The molecule has 0 bridgehead atoms. The van der Waals surface area contributed by atoms with Gasteiger partial charge in [-0.2, -0.15) is 13.2 Å². The van der Waals surface area contributed by atoms with Crippen molar-refractivity contribution in [2.45, 2.75) is 32.5 Å². The lowest BCUT2D eigenvalue weighted by Crippen LogP contribution is -2.25. The van der Waals surface area contributed by atoms with Gasteiger partial charge in [0.25, 0.3) is 0 Å². The van der Waals surface area contributed by atoms with Crippen LogP contribution in [-0.2, 0) is 22.2 Å². The third kappa shape index (κ3) is 3.72. The second-order valence-electron chi connectivity index (χ2n) is 4.74. The minimum atomic E-state index is -4.71. The normalized spacial score (nSPS) is 17.0. The van der Waals surface area contributed by atoms with Gasteiger partial charge in [-0.1, -0.05) is 5.21 Å². The average Bonchev–Trinajstić information content (AvgIpc) is 2.84. The van der Waals surface area contributed by atoms with Crippen molar-refractivity contribution in [1.29, 1.82) is 0 Å². The standard InChI is InChI=1S/C12H16F3N3O3/c1-2-21-11(19)9-10(12(13,14)15)18(17-16-9)7-8-3-5-20-6-4-8/h8H,2-7H2,1H3. The molecule has 0 unspecified atom stereocenters. The van der Waals surface area contributed by atoms with E-state index < -0.39 is 23.5 Å². The number of ether oxygens (including phenoxy) is 2. The number of hydrogen-bond acceptors (Lipinski definition) is 5. The van der Waals surface area contributed by atoms with E-state index in [9.17, 15) is 18.0 Å². The summed E-state index contributed by atoms with van der Waals surface area (Å²) in [6, 6.07) is 0. The van der Waals surface area contributed by atoms with E-state index in [2.05, 4.69) is 15.0 Å². The van der Waals surface area contributed by atoms with E-state index >= 15 is 0 Å². The van der Waals surface area contributed by atoms with Crippen molar-refractivity contribution in [3.8, 4) is 0 Å². The number of carbonyl (C=O) groups excluding carboxylic acids is 1. The Hall–Kier alpha value is -1.64. The first kappa shape index (κ1) is 15.7. The summed E-state index contributed by atoms with van der Waals surface area (Å²) in [5.74, 6) is -1.08. The van der Waals surface area contributed by atoms with Gasteiger partial charge in [0, 0.05) is 19.8 Å². The maximum Gasteiger partial charge on any atom is 0.435 e. The van der Waals surface area contributed by atoms with Crippen LogP contribution in [0.1, 0.15) is 35.9 Å². The summed E-state index contributed by atoms with van der Waals surface area (Å²) in [7, 11) is 0. The van der Waals surface area contributed by atoms with E-state index in [0.717, 1.165) is 4.68 Å². The molecule has 6 nitrogen and oxygen atoms in total. The lowest BCUT2D eigenvalue weighted by molar-refractivity contribution is -0.145. The zero-order valence-corrected chi connectivity index (χ0v) is 11.5. The highest BCUT2D eigenvalue weighted by molar-refractivity contribution is 5.88. The fourth-order valence-electron chi connectivity index (χ4n) is 2.23. The minimum absolute atomic E-state index is 0.0246. The molecule has 0 amide bonds. The van der Waals surface area contributed by atoms with Gasteiger partial charge in [0.2, 0.25) is 5.69 Å². The Kier molecular flexibility index (Phi) is 4.81. The van der Waals surface area contributed by atoms with Gasteiger partial charge in [-0.3, -0.25) is 0 Å². The fourth-order valence-corrected chi connectivity index (χ4v) is 2.23. The van der Waals surface area contributed by atoms with Crippen LogP contribution in [0.15, 0.2) is 0 Å². The average molecular weight is 307 g/mol. The van der Waals surface area contributed by atoms with Crippen LogP contribution in [0.2, 0.25) is 0 Å². The Morgan fingerprint density at radius 3 is 2.67 bits per heavy atom. The molecule has 0 radical (unpaired) electrons. The van der Waals surface area contributed by atoms with Gasteiger partial charge in [-0.05, 0) is 25.7 Å². The van der Waals surface area contributed by atoms with Crippen molar-refractivity contribution in [2.75, 3.05) is 19.8 Å². The zero-order chi connectivity index (χ0) is 15.5. The van der Waals surface area contributed by atoms with Crippen LogP contribution in [0.3, 0.4) is 0 Å². The van der Waals surface area contributed by atoms with Crippen LogP contribution in [0.5, 0.6) is 0 Å². The summed E-state index contributed by atoms with van der Waals surface area (Å²) in [6.45, 7) is 2.59. The van der Waals surface area contributed by atoms with Crippen molar-refractivity contribution in [1.82, 2.24) is 15.0 Å². The Labute approximate surface area is 119 Å². The molecule has 0 aromatic carbocycles. The monoisotopic (exact) mass is 307 g/mol. The van der Waals surface area contributed by atoms with E-state index in [0.29, 0.717) is 26.1 Å². The zero-order valence-electron chi connectivity index (χ0n) is 11.5. The van der Waals surface area contributed by atoms with Crippen LogP contribution >= 0.6 is 0 Å². The molecule has 0 N–H and O–H groups in total. The van der Waals surface area contributed by atoms with E-state index in [-0.39, 0.29) is 19.1 Å². The number of nitrogens with zero attached hydrogens (tertiary/aromatic N) is 3. The largest absolute Gasteiger partial charge is 0.461 e. The molecule has 1 saturated heterocycles. The molecule has 1 aliphatic rings. The molecule has 21 heavy (non-hydrogen) atoms. The van der Waals surface area contributed by atoms with Gasteiger partial charge in [-0.15, -0.1) is 5.10 Å². The maximum absolute atomic E-state index is 13.2. The van der Waals surface area contributed by atoms with Crippen molar-refractivity contribution in [2.24, 2.45) is 5.92 Å². The minimum Gasteiger partial charge on any atom is -0.461 e. The highest BCUT2D eigenvalue weighted by atomic mass is 19.4. The predicted octanol–water partition coefficient (Wildman–Crippen LogP) is 1.90. The first-order valence-electron chi connectivity index (χ1n) is 6.69. The first-order valence-corrected chi connectivity index (χ1v) is 6.69. The molecule has 9 heteroatoms. The van der Waals surface area contributed by atoms with Gasteiger partial charge in [0.05, 0.1) is 6.61 Å². The number of hydrogen-bond donors (Lipinski definition) is 0. The molecular weight excluding hydrogens is 291 g/mol. The van der Waals surface area contributed by atoms with Gasteiger partial charge >= 0.3 is 12.1 Å². The lowest BCUT2D eigenvalue weighted by atomic mass is 10.0. The third-order valence-corrected chi connectivity index (χ3v) is 3.24. The molecule has 0 aliphatic carbocycles. The molecule has 2 heterocycles. The van der Waals surface area contributed by atoms with Crippen LogP contribution in [0, 0.1) is 5.92 Å². The van der Waals surface area contributed by atoms with Crippen molar-refractivity contribution in [3.63, 3.8) is 0 Å². The summed E-state index contributed by atoms with van der Waals surface area (Å²) in [6.07, 6.45) is -3.39. The van der Waals surface area contributed by atoms with Crippen LogP contribution in [0.25, 0.3) is 0 Å². The number of halogens is 3. The molecule has 1 aliphatic heterocycles. The Morgan fingerprint density at radius 1 is 1.43 bits per heavy atom. The Morgan fingerprint density at radius 2 is 2.10 bits per heavy atom. The van der Waals surface area contributed by atoms with E-state index in [1.54, 1.807) is 0 Å². The van der Waals surface area contributed by atoms with Crippen molar-refractivity contribution in [3.05, 3.63) is 11.4 Å². The second-order valence-corrected chi connectivity index (χ2v) is 4.74. The van der Waals surface area contributed by atoms with Crippen molar-refractivity contribution < 1.29 is 27.4 Å².